The summed E-state index contributed by atoms with van der Waals surface area (Å²) in [7, 11) is 1.51. The molecule has 1 aliphatic rings. The van der Waals surface area contributed by atoms with E-state index in [9.17, 15) is 14.4 Å². The van der Waals surface area contributed by atoms with E-state index in [0.29, 0.717) is 16.3 Å². The van der Waals surface area contributed by atoms with Gasteiger partial charge in [0.2, 0.25) is 0 Å². The fraction of sp³-hybridized carbons (Fsp3) is 0.0556. The number of anilines is 1. The third-order valence-corrected chi connectivity index (χ3v) is 4.30. The highest BCUT2D eigenvalue weighted by atomic mass is 79.9. The van der Waals surface area contributed by atoms with Gasteiger partial charge in [-0.25, -0.2) is 9.69 Å². The average molecular weight is 436 g/mol. The van der Waals surface area contributed by atoms with Crippen LogP contribution in [-0.4, -0.2) is 25.0 Å². The number of rotatable bonds is 3. The number of barbiturate groups is 1. The Hall–Kier alpha value is -2.64. The Labute approximate surface area is 162 Å². The predicted octanol–water partition coefficient (Wildman–Crippen LogP) is 3.78. The largest absolute Gasteiger partial charge is 0.497 e. The molecule has 0 saturated carbocycles. The van der Waals surface area contributed by atoms with Gasteiger partial charge in [-0.15, -0.1) is 0 Å². The number of methoxy groups -OCH3 is 1. The summed E-state index contributed by atoms with van der Waals surface area (Å²) in [6, 6.07) is 10.5. The minimum atomic E-state index is -0.828. The number of carbonyl (C=O) groups is 3. The zero-order valence-corrected chi connectivity index (χ0v) is 15.8. The molecule has 4 amide bonds. The van der Waals surface area contributed by atoms with Crippen molar-refractivity contribution >= 4 is 57.1 Å². The van der Waals surface area contributed by atoms with Crippen LogP contribution in [0.4, 0.5) is 10.5 Å². The van der Waals surface area contributed by atoms with Crippen LogP contribution in [0.3, 0.4) is 0 Å². The number of imide groups is 2. The molecule has 0 bridgehead atoms. The van der Waals surface area contributed by atoms with Gasteiger partial charge in [0.05, 0.1) is 12.8 Å². The van der Waals surface area contributed by atoms with Crippen molar-refractivity contribution in [2.45, 2.75) is 0 Å². The number of nitrogens with one attached hydrogen (secondary N) is 1. The highest BCUT2D eigenvalue weighted by molar-refractivity contribution is 9.10. The van der Waals surface area contributed by atoms with Crippen molar-refractivity contribution < 1.29 is 19.1 Å². The van der Waals surface area contributed by atoms with Gasteiger partial charge < -0.3 is 4.74 Å². The van der Waals surface area contributed by atoms with E-state index < -0.39 is 17.8 Å². The second kappa shape index (κ2) is 7.31. The van der Waals surface area contributed by atoms with Gasteiger partial charge in [0, 0.05) is 9.50 Å². The Kier molecular flexibility index (Phi) is 5.11. The third-order valence-electron chi connectivity index (χ3n) is 3.61. The van der Waals surface area contributed by atoms with Crippen LogP contribution in [0, 0.1) is 0 Å². The number of urea groups is 1. The summed E-state index contributed by atoms with van der Waals surface area (Å²) < 4.78 is 5.89. The molecule has 0 atom stereocenters. The summed E-state index contributed by atoms with van der Waals surface area (Å²) in [5.74, 6) is -0.949. The van der Waals surface area contributed by atoms with Crippen molar-refractivity contribution in [1.29, 1.82) is 0 Å². The van der Waals surface area contributed by atoms with Crippen LogP contribution in [0.5, 0.6) is 5.75 Å². The fourth-order valence-corrected chi connectivity index (χ4v) is 3.13. The number of ether oxygens (including phenoxy) is 1. The first-order chi connectivity index (χ1) is 12.4. The van der Waals surface area contributed by atoms with E-state index in [-0.39, 0.29) is 11.3 Å². The topological polar surface area (TPSA) is 75.7 Å². The Bertz CT molecular complexity index is 958. The van der Waals surface area contributed by atoms with Crippen molar-refractivity contribution in [3.05, 3.63) is 63.1 Å². The lowest BCUT2D eigenvalue weighted by molar-refractivity contribution is -0.122. The molecule has 1 fully saturated rings. The molecule has 0 aromatic heterocycles. The lowest BCUT2D eigenvalue weighted by Crippen LogP contribution is -2.54. The molecule has 1 aliphatic heterocycles. The zero-order valence-electron chi connectivity index (χ0n) is 13.5. The van der Waals surface area contributed by atoms with E-state index in [2.05, 4.69) is 21.2 Å². The Morgan fingerprint density at radius 3 is 2.62 bits per heavy atom. The van der Waals surface area contributed by atoms with Gasteiger partial charge in [0.15, 0.2) is 0 Å². The molecule has 0 spiro atoms. The van der Waals surface area contributed by atoms with Gasteiger partial charge in [-0.3, -0.25) is 14.9 Å². The van der Waals surface area contributed by atoms with Crippen LogP contribution in [0.2, 0.25) is 5.02 Å². The molecule has 1 N–H and O–H groups in total. The minimum Gasteiger partial charge on any atom is -0.497 e. The highest BCUT2D eigenvalue weighted by Gasteiger charge is 2.36. The molecular weight excluding hydrogens is 424 g/mol. The minimum absolute atomic E-state index is 0.176. The molecule has 2 aromatic rings. The highest BCUT2D eigenvalue weighted by Crippen LogP contribution is 2.26. The van der Waals surface area contributed by atoms with Gasteiger partial charge in [0.25, 0.3) is 11.8 Å². The number of nitrogens with zero attached hydrogens (tertiary/aromatic N) is 1. The molecule has 132 valence electrons. The number of hydrogen-bond acceptors (Lipinski definition) is 4. The molecule has 3 rings (SSSR count). The number of amides is 4. The third kappa shape index (κ3) is 3.63. The van der Waals surface area contributed by atoms with Gasteiger partial charge in [-0.1, -0.05) is 33.6 Å². The van der Waals surface area contributed by atoms with Crippen LogP contribution in [0.1, 0.15) is 5.56 Å². The lowest BCUT2D eigenvalue weighted by atomic mass is 10.1. The number of halogens is 2. The normalized spacial score (nSPS) is 16.0. The van der Waals surface area contributed by atoms with E-state index >= 15 is 0 Å². The second-order valence-electron chi connectivity index (χ2n) is 5.36. The predicted molar refractivity (Wildman–Crippen MR) is 101 cm³/mol. The monoisotopic (exact) mass is 434 g/mol. The maximum absolute atomic E-state index is 12.8. The Balaban J connectivity index is 2.04. The van der Waals surface area contributed by atoms with Crippen LogP contribution >= 0.6 is 27.5 Å². The van der Waals surface area contributed by atoms with Crippen molar-refractivity contribution in [2.75, 3.05) is 12.0 Å². The van der Waals surface area contributed by atoms with E-state index in [0.717, 1.165) is 9.37 Å². The molecule has 6 nitrogen and oxygen atoms in total. The summed E-state index contributed by atoms with van der Waals surface area (Å²) in [6.07, 6.45) is 1.40. The molecule has 26 heavy (non-hydrogen) atoms. The van der Waals surface area contributed by atoms with Gasteiger partial charge >= 0.3 is 6.03 Å². The molecule has 1 heterocycles. The summed E-state index contributed by atoms with van der Waals surface area (Å²) >= 11 is 9.28. The molecule has 1 saturated heterocycles. The molecule has 0 radical (unpaired) electrons. The molecule has 2 aromatic carbocycles. The standard InChI is InChI=1S/C18H12BrClN2O4/c1-26-14-6-10(5-11(19)8-14)7-15-16(23)21-18(25)22(17(15)24)13-4-2-3-12(20)9-13/h2-9H,1H3,(H,21,23,25)/b15-7+. The zero-order chi connectivity index (χ0) is 18.8. The smallest absolute Gasteiger partial charge is 0.335 e. The number of hydrogen-bond donors (Lipinski definition) is 1. The second-order valence-corrected chi connectivity index (χ2v) is 6.71. The molecule has 0 aliphatic carbocycles. The summed E-state index contributed by atoms with van der Waals surface area (Å²) in [5.41, 5.74) is 0.657. The first-order valence-electron chi connectivity index (χ1n) is 7.40. The van der Waals surface area contributed by atoms with Crippen LogP contribution < -0.4 is 15.0 Å². The summed E-state index contributed by atoms with van der Waals surface area (Å²) in [5, 5.41) is 2.53. The summed E-state index contributed by atoms with van der Waals surface area (Å²) in [4.78, 5) is 38.0. The maximum atomic E-state index is 12.8. The van der Waals surface area contributed by atoms with Crippen molar-refractivity contribution in [1.82, 2.24) is 5.32 Å². The SMILES string of the molecule is COc1cc(Br)cc(/C=C2\C(=O)NC(=O)N(c3cccc(Cl)c3)C2=O)c1. The number of carbonyl (C=O) groups excluding carboxylic acids is 3. The van der Waals surface area contributed by atoms with Crippen LogP contribution in [0.15, 0.2) is 52.5 Å². The quantitative estimate of drug-likeness (QED) is 0.588. The van der Waals surface area contributed by atoms with Crippen molar-refractivity contribution in [3.63, 3.8) is 0 Å². The van der Waals surface area contributed by atoms with Crippen LogP contribution in [-0.2, 0) is 9.59 Å². The molecule has 8 heteroatoms. The lowest BCUT2D eigenvalue weighted by Gasteiger charge is -2.26. The Morgan fingerprint density at radius 2 is 1.92 bits per heavy atom. The average Bonchev–Trinajstić information content (AvgIpc) is 2.58. The van der Waals surface area contributed by atoms with Crippen LogP contribution in [0.25, 0.3) is 6.08 Å². The van der Waals surface area contributed by atoms with E-state index in [4.69, 9.17) is 16.3 Å². The first kappa shape index (κ1) is 18.2. The van der Waals surface area contributed by atoms with E-state index in [1.54, 1.807) is 36.4 Å². The van der Waals surface area contributed by atoms with Crippen molar-refractivity contribution in [3.8, 4) is 5.75 Å². The van der Waals surface area contributed by atoms with Crippen molar-refractivity contribution in [2.24, 2.45) is 0 Å². The molecule has 0 unspecified atom stereocenters. The molecular formula is C18H12BrClN2O4. The fourth-order valence-electron chi connectivity index (χ4n) is 2.46. The first-order valence-corrected chi connectivity index (χ1v) is 8.58. The van der Waals surface area contributed by atoms with Gasteiger partial charge in [0.1, 0.15) is 11.3 Å². The van der Waals surface area contributed by atoms with E-state index in [1.807, 2.05) is 0 Å². The van der Waals surface area contributed by atoms with Gasteiger partial charge in [-0.2, -0.15) is 0 Å². The Morgan fingerprint density at radius 1 is 1.15 bits per heavy atom. The summed E-state index contributed by atoms with van der Waals surface area (Å²) in [6.45, 7) is 0. The number of benzene rings is 2. The van der Waals surface area contributed by atoms with E-state index in [1.165, 1.54) is 19.3 Å². The maximum Gasteiger partial charge on any atom is 0.335 e. The van der Waals surface area contributed by atoms with Gasteiger partial charge in [-0.05, 0) is 48.0 Å².